The van der Waals surface area contributed by atoms with Gasteiger partial charge in [-0.2, -0.15) is 9.13 Å². The molecule has 0 fully saturated rings. The quantitative estimate of drug-likeness (QED) is 0.241. The van der Waals surface area contributed by atoms with E-state index in [0.717, 1.165) is 12.8 Å². The summed E-state index contributed by atoms with van der Waals surface area (Å²) in [5, 5.41) is 0. The Bertz CT molecular complexity index is 1660. The van der Waals surface area contributed by atoms with Gasteiger partial charge in [0, 0.05) is 48.2 Å². The Labute approximate surface area is 219 Å². The molecule has 0 amide bonds. The average molecular weight is 481 g/mol. The first-order valence-electron chi connectivity index (χ1n) is 13.5. The summed E-state index contributed by atoms with van der Waals surface area (Å²) in [7, 11) is 0. The first-order chi connectivity index (χ1) is 18.2. The Morgan fingerprint density at radius 1 is 0.568 bits per heavy atom. The van der Waals surface area contributed by atoms with Crippen molar-refractivity contribution in [3.8, 4) is 33.6 Å². The molecule has 37 heavy (non-hydrogen) atoms. The second-order valence-corrected chi connectivity index (χ2v) is 10.5. The Hall–Kier alpha value is -4.04. The molecule has 0 saturated carbocycles. The van der Waals surface area contributed by atoms with E-state index in [-0.39, 0.29) is 11.1 Å². The van der Waals surface area contributed by atoms with Crippen LogP contribution in [-0.2, 0) is 11.1 Å². The van der Waals surface area contributed by atoms with Crippen LogP contribution in [0.2, 0.25) is 0 Å². The fourth-order valence-corrected chi connectivity index (χ4v) is 7.45. The minimum atomic E-state index is -0.380. The monoisotopic (exact) mass is 480 g/mol. The lowest BCUT2D eigenvalue weighted by molar-refractivity contribution is -0.856. The normalized spacial score (nSPS) is 18.1. The molecule has 0 radical (unpaired) electrons. The third-order valence-corrected chi connectivity index (χ3v) is 9.02. The Morgan fingerprint density at radius 3 is 2.11 bits per heavy atom. The van der Waals surface area contributed by atoms with Crippen molar-refractivity contribution < 1.29 is 9.13 Å². The van der Waals surface area contributed by atoms with Crippen molar-refractivity contribution in [1.82, 2.24) is 0 Å². The SMILES string of the molecule is CCC1(CC)[n+]2ccccc2-c2ccccc2C12c1cc(-c3ccccc3)ccc1-c1cc(C)cc[n+]12. The molecular formula is C35H32N2+2. The molecule has 0 saturated heterocycles. The summed E-state index contributed by atoms with van der Waals surface area (Å²) in [6, 6.07) is 38.4. The number of rotatable bonds is 3. The summed E-state index contributed by atoms with van der Waals surface area (Å²) in [4.78, 5) is 0. The highest BCUT2D eigenvalue weighted by atomic mass is 15.2. The molecule has 180 valence electrons. The number of aromatic nitrogens is 2. The highest BCUT2D eigenvalue weighted by molar-refractivity contribution is 5.78. The van der Waals surface area contributed by atoms with Crippen LogP contribution in [0.5, 0.6) is 0 Å². The lowest BCUT2D eigenvalue weighted by atomic mass is 9.61. The van der Waals surface area contributed by atoms with Crippen molar-refractivity contribution in [2.75, 3.05) is 0 Å². The van der Waals surface area contributed by atoms with Gasteiger partial charge >= 0.3 is 0 Å². The van der Waals surface area contributed by atoms with E-state index in [1.807, 2.05) is 0 Å². The van der Waals surface area contributed by atoms with E-state index in [2.05, 4.69) is 145 Å². The van der Waals surface area contributed by atoms with Crippen LogP contribution in [0.3, 0.4) is 0 Å². The number of fused-ring (bicyclic) bond motifs is 9. The maximum absolute atomic E-state index is 2.61. The van der Waals surface area contributed by atoms with E-state index in [4.69, 9.17) is 0 Å². The molecule has 0 bridgehead atoms. The smallest absolute Gasteiger partial charge is 0.185 e. The molecule has 2 aromatic heterocycles. The second kappa shape index (κ2) is 7.98. The third kappa shape index (κ3) is 2.71. The van der Waals surface area contributed by atoms with E-state index in [1.54, 1.807) is 0 Å². The van der Waals surface area contributed by atoms with Gasteiger partial charge in [0.25, 0.3) is 5.54 Å². The first-order valence-corrected chi connectivity index (χ1v) is 13.5. The molecule has 2 aliphatic heterocycles. The molecular weight excluding hydrogens is 448 g/mol. The number of hydrogen-bond acceptors (Lipinski definition) is 0. The second-order valence-electron chi connectivity index (χ2n) is 10.5. The van der Waals surface area contributed by atoms with Gasteiger partial charge in [-0.15, -0.1) is 0 Å². The van der Waals surface area contributed by atoms with E-state index in [9.17, 15) is 0 Å². The molecule has 1 unspecified atom stereocenters. The van der Waals surface area contributed by atoms with Crippen LogP contribution in [0.4, 0.5) is 0 Å². The summed E-state index contributed by atoms with van der Waals surface area (Å²) < 4.78 is 5.20. The topological polar surface area (TPSA) is 7.76 Å². The number of nitrogens with zero attached hydrogens (tertiary/aromatic N) is 2. The van der Waals surface area contributed by atoms with Crippen molar-refractivity contribution in [1.29, 1.82) is 0 Å². The zero-order valence-corrected chi connectivity index (χ0v) is 21.8. The summed E-state index contributed by atoms with van der Waals surface area (Å²) in [5.41, 5.74) is 11.3. The van der Waals surface area contributed by atoms with E-state index >= 15 is 0 Å². The van der Waals surface area contributed by atoms with Crippen molar-refractivity contribution in [2.24, 2.45) is 0 Å². The van der Waals surface area contributed by atoms with Gasteiger partial charge in [-0.3, -0.25) is 0 Å². The highest BCUT2D eigenvalue weighted by Crippen LogP contribution is 2.56. The van der Waals surface area contributed by atoms with Crippen LogP contribution in [0.1, 0.15) is 43.4 Å². The highest BCUT2D eigenvalue weighted by Gasteiger charge is 2.73. The third-order valence-electron chi connectivity index (χ3n) is 9.02. The summed E-state index contributed by atoms with van der Waals surface area (Å²) >= 11 is 0. The largest absolute Gasteiger partial charge is 0.284 e. The molecule has 0 N–H and O–H groups in total. The minimum Gasteiger partial charge on any atom is -0.185 e. The zero-order chi connectivity index (χ0) is 25.2. The van der Waals surface area contributed by atoms with Gasteiger partial charge in [0.15, 0.2) is 12.4 Å². The lowest BCUT2D eigenvalue weighted by Gasteiger charge is -2.44. The molecule has 4 heterocycles. The summed E-state index contributed by atoms with van der Waals surface area (Å²) in [6.07, 6.45) is 6.68. The molecule has 1 atom stereocenters. The number of pyridine rings is 2. The Morgan fingerprint density at radius 2 is 1.30 bits per heavy atom. The van der Waals surface area contributed by atoms with Gasteiger partial charge in [0.05, 0.1) is 11.1 Å². The van der Waals surface area contributed by atoms with Gasteiger partial charge in [-0.1, -0.05) is 68.4 Å². The lowest BCUT2D eigenvalue weighted by Crippen LogP contribution is -2.78. The summed E-state index contributed by atoms with van der Waals surface area (Å²) in [6.45, 7) is 6.95. The van der Waals surface area contributed by atoms with Gasteiger partial charge in [0.2, 0.25) is 16.9 Å². The molecule has 3 aromatic carbocycles. The first kappa shape index (κ1) is 22.2. The van der Waals surface area contributed by atoms with Crippen LogP contribution in [0, 0.1) is 6.92 Å². The fraction of sp³-hybridized carbons (Fsp3) is 0.200. The van der Waals surface area contributed by atoms with Crippen LogP contribution >= 0.6 is 0 Å². The van der Waals surface area contributed by atoms with Crippen LogP contribution in [0.25, 0.3) is 33.6 Å². The van der Waals surface area contributed by atoms with Gasteiger partial charge in [-0.25, -0.2) is 0 Å². The van der Waals surface area contributed by atoms with Crippen LogP contribution in [0.15, 0.2) is 116 Å². The van der Waals surface area contributed by atoms with Gasteiger partial charge in [-0.05, 0) is 47.9 Å². The molecule has 2 nitrogen and oxygen atoms in total. The predicted molar refractivity (Wildman–Crippen MR) is 149 cm³/mol. The zero-order valence-electron chi connectivity index (χ0n) is 21.8. The minimum absolute atomic E-state index is 0.187. The Balaban J connectivity index is 1.69. The number of aryl methyl sites for hydroxylation is 1. The van der Waals surface area contributed by atoms with Crippen molar-refractivity contribution in [2.45, 2.75) is 44.7 Å². The average Bonchev–Trinajstić information content (AvgIpc) is 3.24. The number of hydrogen-bond donors (Lipinski definition) is 0. The van der Waals surface area contributed by atoms with Crippen molar-refractivity contribution in [3.63, 3.8) is 0 Å². The maximum Gasteiger partial charge on any atom is 0.284 e. The molecule has 2 heteroatoms. The predicted octanol–water partition coefficient (Wildman–Crippen LogP) is 7.21. The van der Waals surface area contributed by atoms with Crippen molar-refractivity contribution in [3.05, 3.63) is 132 Å². The van der Waals surface area contributed by atoms with E-state index in [1.165, 1.54) is 50.3 Å². The summed E-state index contributed by atoms with van der Waals surface area (Å²) in [5.74, 6) is 0. The molecule has 0 aliphatic carbocycles. The molecule has 7 rings (SSSR count). The molecule has 5 aromatic rings. The Kier molecular flexibility index (Phi) is 4.78. The van der Waals surface area contributed by atoms with E-state index < -0.39 is 0 Å². The van der Waals surface area contributed by atoms with Gasteiger partial charge < -0.3 is 0 Å². The molecule has 1 spiro atoms. The van der Waals surface area contributed by atoms with E-state index in [0.29, 0.717) is 0 Å². The fourth-order valence-electron chi connectivity index (χ4n) is 7.45. The van der Waals surface area contributed by atoms with Crippen LogP contribution in [-0.4, -0.2) is 0 Å². The van der Waals surface area contributed by atoms with Crippen LogP contribution < -0.4 is 9.13 Å². The number of benzene rings is 3. The standard InChI is InChI=1S/C35H32N2/c1-4-34(5-2)35(30-16-10-9-15-28(30)32-17-11-12-21-36(32)34)31-24-27(26-13-7-6-8-14-26)18-19-29(31)33-23-25(3)20-22-37(33)35/h6-24H,4-5H2,1-3H3/q+2. The van der Waals surface area contributed by atoms with Gasteiger partial charge in [0.1, 0.15) is 0 Å². The van der Waals surface area contributed by atoms with Crippen molar-refractivity contribution >= 4 is 0 Å². The molecule has 2 aliphatic rings. The maximum atomic E-state index is 2.61.